The molecular formula is C8H8N2O4. The van der Waals surface area contributed by atoms with Crippen molar-refractivity contribution >= 4 is 17.8 Å². The van der Waals surface area contributed by atoms with Crippen molar-refractivity contribution in [3.05, 3.63) is 28.3 Å². The highest BCUT2D eigenvalue weighted by atomic mass is 16.6. The number of nitro groups is 1. The minimum atomic E-state index is -0.575. The number of nitrogens with zero attached hydrogens (tertiary/aromatic N) is 1. The molecule has 1 aromatic carbocycles. The number of nitrogens with one attached hydrogen (secondary N) is 1. The molecule has 0 aliphatic heterocycles. The molecule has 0 unspecified atom stereocenters. The summed E-state index contributed by atoms with van der Waals surface area (Å²) in [5.74, 6) is 0.159. The molecule has 1 aromatic rings. The van der Waals surface area contributed by atoms with Gasteiger partial charge in [-0.1, -0.05) is 0 Å². The molecule has 0 aliphatic rings. The lowest BCUT2D eigenvalue weighted by molar-refractivity contribution is -0.385. The fraction of sp³-hybridized carbons (Fsp3) is 0.125. The first-order valence-corrected chi connectivity index (χ1v) is 3.71. The Bertz CT molecular complexity index is 364. The molecule has 74 valence electrons. The van der Waals surface area contributed by atoms with E-state index in [1.165, 1.54) is 25.3 Å². The van der Waals surface area contributed by atoms with Crippen LogP contribution < -0.4 is 10.1 Å². The second kappa shape index (κ2) is 4.22. The summed E-state index contributed by atoms with van der Waals surface area (Å²) in [5.41, 5.74) is 0.173. The Labute approximate surface area is 79.6 Å². The van der Waals surface area contributed by atoms with Crippen LogP contribution in [0, 0.1) is 10.1 Å². The summed E-state index contributed by atoms with van der Waals surface area (Å²) in [6.07, 6.45) is 0.450. The van der Waals surface area contributed by atoms with Gasteiger partial charge in [0.1, 0.15) is 0 Å². The van der Waals surface area contributed by atoms with E-state index < -0.39 is 4.92 Å². The van der Waals surface area contributed by atoms with Crippen LogP contribution in [0.2, 0.25) is 0 Å². The summed E-state index contributed by atoms with van der Waals surface area (Å²) in [4.78, 5) is 20.1. The number of methoxy groups -OCH3 is 1. The molecule has 0 aliphatic carbocycles. The van der Waals surface area contributed by atoms with Gasteiger partial charge in [-0.05, 0) is 12.1 Å². The van der Waals surface area contributed by atoms with Crippen molar-refractivity contribution in [3.63, 3.8) is 0 Å². The summed E-state index contributed by atoms with van der Waals surface area (Å²) in [6.45, 7) is 0. The molecule has 0 fully saturated rings. The fourth-order valence-electron chi connectivity index (χ4n) is 0.990. The monoisotopic (exact) mass is 196 g/mol. The molecule has 0 radical (unpaired) electrons. The van der Waals surface area contributed by atoms with Crippen LogP contribution in [-0.2, 0) is 4.79 Å². The van der Waals surface area contributed by atoms with E-state index in [0.29, 0.717) is 12.1 Å². The van der Waals surface area contributed by atoms with Crippen LogP contribution in [0.15, 0.2) is 18.2 Å². The van der Waals surface area contributed by atoms with Crippen molar-refractivity contribution in [1.29, 1.82) is 0 Å². The van der Waals surface area contributed by atoms with E-state index in [2.05, 4.69) is 5.32 Å². The molecule has 0 aromatic heterocycles. The number of carbonyl (C=O) groups excluding carboxylic acids is 1. The molecule has 1 rings (SSSR count). The Kier molecular flexibility index (Phi) is 3.01. The summed E-state index contributed by atoms with van der Waals surface area (Å²) >= 11 is 0. The number of hydrogen-bond donors (Lipinski definition) is 1. The van der Waals surface area contributed by atoms with Crippen molar-refractivity contribution in [3.8, 4) is 5.75 Å². The average Bonchev–Trinajstić information content (AvgIpc) is 2.18. The lowest BCUT2D eigenvalue weighted by Gasteiger charge is -2.03. The third-order valence-corrected chi connectivity index (χ3v) is 1.60. The molecule has 0 spiro atoms. The smallest absolute Gasteiger partial charge is 0.312 e. The fourth-order valence-corrected chi connectivity index (χ4v) is 0.990. The number of hydrogen-bond acceptors (Lipinski definition) is 4. The lowest BCUT2D eigenvalue weighted by Crippen LogP contribution is -1.97. The van der Waals surface area contributed by atoms with E-state index in [-0.39, 0.29) is 11.4 Å². The molecule has 14 heavy (non-hydrogen) atoms. The van der Waals surface area contributed by atoms with E-state index in [0.717, 1.165) is 0 Å². The van der Waals surface area contributed by atoms with Crippen LogP contribution in [0.25, 0.3) is 0 Å². The zero-order valence-corrected chi connectivity index (χ0v) is 7.39. The number of rotatable bonds is 4. The van der Waals surface area contributed by atoms with E-state index in [9.17, 15) is 14.9 Å². The predicted octanol–water partition coefficient (Wildman–Crippen LogP) is 1.17. The molecule has 0 saturated carbocycles. The number of benzene rings is 1. The largest absolute Gasteiger partial charge is 0.490 e. The molecular weight excluding hydrogens is 188 g/mol. The van der Waals surface area contributed by atoms with Crippen LogP contribution in [-0.4, -0.2) is 18.4 Å². The molecule has 0 saturated heterocycles. The molecule has 1 N–H and O–H groups in total. The van der Waals surface area contributed by atoms with Crippen molar-refractivity contribution in [2.75, 3.05) is 12.4 Å². The second-order valence-corrected chi connectivity index (χ2v) is 2.41. The molecule has 0 atom stereocenters. The quantitative estimate of drug-likeness (QED) is 0.445. The summed E-state index contributed by atoms with van der Waals surface area (Å²) in [5, 5.41) is 12.9. The van der Waals surface area contributed by atoms with Gasteiger partial charge in [-0.15, -0.1) is 0 Å². The Hall–Kier alpha value is -2.11. The Morgan fingerprint density at radius 2 is 2.29 bits per heavy atom. The maximum atomic E-state index is 10.5. The van der Waals surface area contributed by atoms with Crippen molar-refractivity contribution in [2.45, 2.75) is 0 Å². The predicted molar refractivity (Wildman–Crippen MR) is 49.3 cm³/mol. The minimum absolute atomic E-state index is 0.159. The zero-order valence-electron chi connectivity index (χ0n) is 7.39. The number of nitro benzene ring substituents is 1. The highest BCUT2D eigenvalue weighted by Crippen LogP contribution is 2.29. The Morgan fingerprint density at radius 1 is 1.57 bits per heavy atom. The van der Waals surface area contributed by atoms with Gasteiger partial charge in [-0.3, -0.25) is 14.9 Å². The van der Waals surface area contributed by atoms with Crippen LogP contribution in [0.3, 0.4) is 0 Å². The van der Waals surface area contributed by atoms with E-state index in [1.807, 2.05) is 0 Å². The van der Waals surface area contributed by atoms with Crippen molar-refractivity contribution in [1.82, 2.24) is 0 Å². The first-order chi connectivity index (χ1) is 6.69. The van der Waals surface area contributed by atoms with Gasteiger partial charge >= 0.3 is 5.69 Å². The molecule has 0 heterocycles. The maximum absolute atomic E-state index is 10.5. The topological polar surface area (TPSA) is 81.5 Å². The second-order valence-electron chi connectivity index (χ2n) is 2.41. The first-order valence-electron chi connectivity index (χ1n) is 3.71. The van der Waals surface area contributed by atoms with Gasteiger partial charge in [0.2, 0.25) is 6.41 Å². The number of carbonyl (C=O) groups is 1. The zero-order chi connectivity index (χ0) is 10.6. The van der Waals surface area contributed by atoms with Crippen molar-refractivity contribution in [2.24, 2.45) is 0 Å². The van der Waals surface area contributed by atoms with Gasteiger partial charge in [-0.25, -0.2) is 0 Å². The third kappa shape index (κ3) is 1.98. The van der Waals surface area contributed by atoms with Crippen LogP contribution in [0.5, 0.6) is 5.75 Å². The first kappa shape index (κ1) is 9.97. The SMILES string of the molecule is COc1ccc(NC=O)cc1[N+](=O)[O-]. The van der Waals surface area contributed by atoms with E-state index in [1.54, 1.807) is 0 Å². The molecule has 0 bridgehead atoms. The maximum Gasteiger partial charge on any atom is 0.312 e. The summed E-state index contributed by atoms with van der Waals surface area (Å²) < 4.78 is 4.78. The molecule has 1 amide bonds. The van der Waals surface area contributed by atoms with Crippen LogP contribution in [0.1, 0.15) is 0 Å². The Balaban J connectivity index is 3.13. The van der Waals surface area contributed by atoms with E-state index >= 15 is 0 Å². The van der Waals surface area contributed by atoms with Gasteiger partial charge in [0.15, 0.2) is 5.75 Å². The Morgan fingerprint density at radius 3 is 2.79 bits per heavy atom. The average molecular weight is 196 g/mol. The van der Waals surface area contributed by atoms with Crippen molar-refractivity contribution < 1.29 is 14.5 Å². The number of ether oxygens (including phenoxy) is 1. The highest BCUT2D eigenvalue weighted by Gasteiger charge is 2.14. The van der Waals surface area contributed by atoms with Crippen LogP contribution >= 0.6 is 0 Å². The number of anilines is 1. The van der Waals surface area contributed by atoms with Gasteiger partial charge in [0, 0.05) is 11.8 Å². The van der Waals surface area contributed by atoms with Gasteiger partial charge in [-0.2, -0.15) is 0 Å². The van der Waals surface area contributed by atoms with Gasteiger partial charge < -0.3 is 10.1 Å². The normalized spacial score (nSPS) is 9.21. The summed E-state index contributed by atoms with van der Waals surface area (Å²) in [7, 11) is 1.34. The van der Waals surface area contributed by atoms with Crippen LogP contribution in [0.4, 0.5) is 11.4 Å². The number of amides is 1. The molecule has 6 heteroatoms. The van der Waals surface area contributed by atoms with Gasteiger partial charge in [0.05, 0.1) is 12.0 Å². The molecule has 6 nitrogen and oxygen atoms in total. The van der Waals surface area contributed by atoms with Gasteiger partial charge in [0.25, 0.3) is 0 Å². The minimum Gasteiger partial charge on any atom is -0.490 e. The lowest BCUT2D eigenvalue weighted by atomic mass is 10.2. The van der Waals surface area contributed by atoms with E-state index in [4.69, 9.17) is 4.74 Å². The summed E-state index contributed by atoms with van der Waals surface area (Å²) in [6, 6.07) is 4.16. The standard InChI is InChI=1S/C8H8N2O4/c1-14-8-3-2-6(9-5-11)4-7(8)10(12)13/h2-5H,1H3,(H,9,11). The highest BCUT2D eigenvalue weighted by molar-refractivity contribution is 5.73. The third-order valence-electron chi connectivity index (χ3n) is 1.60.